The third kappa shape index (κ3) is 2.54. The molecule has 0 saturated carbocycles. The maximum Gasteiger partial charge on any atom is 0.357 e. The molecule has 0 spiro atoms. The number of nitrogens with one attached hydrogen (secondary N) is 1. The number of fused-ring (bicyclic) bond motifs is 1. The third-order valence-corrected chi connectivity index (χ3v) is 3.50. The summed E-state index contributed by atoms with van der Waals surface area (Å²) in [5.41, 5.74) is 2.90. The Morgan fingerprint density at radius 2 is 2.33 bits per heavy atom. The van der Waals surface area contributed by atoms with Crippen molar-refractivity contribution < 1.29 is 13.9 Å². The van der Waals surface area contributed by atoms with Gasteiger partial charge < -0.3 is 14.5 Å². The molecule has 1 N–H and O–H groups in total. The molecule has 6 heteroatoms. The minimum Gasteiger partial charge on any atom is -0.469 e. The molecule has 0 aliphatic carbocycles. The predicted octanol–water partition coefficient (Wildman–Crippen LogP) is 1.87. The van der Waals surface area contributed by atoms with Gasteiger partial charge in [-0.1, -0.05) is 0 Å². The summed E-state index contributed by atoms with van der Waals surface area (Å²) in [6, 6.07) is 1.81. The van der Waals surface area contributed by atoms with Gasteiger partial charge in [-0.25, -0.2) is 14.8 Å². The number of furan rings is 1. The van der Waals surface area contributed by atoms with Crippen LogP contribution in [0.25, 0.3) is 11.4 Å². The highest BCUT2D eigenvalue weighted by Gasteiger charge is 2.24. The topological polar surface area (TPSA) is 77.2 Å². The smallest absolute Gasteiger partial charge is 0.357 e. The predicted molar refractivity (Wildman–Crippen MR) is 75.8 cm³/mol. The minimum absolute atomic E-state index is 0.325. The number of carbonyl (C=O) groups excluding carboxylic acids is 1. The van der Waals surface area contributed by atoms with E-state index in [9.17, 15) is 4.79 Å². The van der Waals surface area contributed by atoms with Crippen molar-refractivity contribution >= 4 is 5.97 Å². The molecule has 1 aliphatic rings. The van der Waals surface area contributed by atoms with Crippen LogP contribution in [-0.4, -0.2) is 29.1 Å². The van der Waals surface area contributed by atoms with E-state index >= 15 is 0 Å². The fraction of sp³-hybridized carbons (Fsp3) is 0.400. The fourth-order valence-electron chi connectivity index (χ4n) is 2.45. The Kier molecular flexibility index (Phi) is 3.70. The average Bonchev–Trinajstić information content (AvgIpc) is 2.92. The molecule has 3 heterocycles. The zero-order valence-electron chi connectivity index (χ0n) is 12.1. The molecular formula is C15H17N3O3. The van der Waals surface area contributed by atoms with Crippen molar-refractivity contribution in [2.45, 2.75) is 26.8 Å². The Morgan fingerprint density at radius 1 is 1.48 bits per heavy atom. The van der Waals surface area contributed by atoms with Gasteiger partial charge in [0.25, 0.3) is 0 Å². The number of hydrogen-bond acceptors (Lipinski definition) is 6. The number of carbonyl (C=O) groups is 1. The first-order chi connectivity index (χ1) is 10.2. The molecule has 0 radical (unpaired) electrons. The Hall–Kier alpha value is -2.21. The Morgan fingerprint density at radius 3 is 3.05 bits per heavy atom. The highest BCUT2D eigenvalue weighted by Crippen LogP contribution is 2.25. The molecule has 0 unspecified atom stereocenters. The third-order valence-electron chi connectivity index (χ3n) is 3.50. The lowest BCUT2D eigenvalue weighted by Gasteiger charge is -2.19. The quantitative estimate of drug-likeness (QED) is 0.868. The maximum absolute atomic E-state index is 12.2. The first-order valence-corrected chi connectivity index (χ1v) is 7.02. The van der Waals surface area contributed by atoms with Crippen molar-refractivity contribution in [3.63, 3.8) is 0 Å². The Balaban J connectivity index is 2.13. The van der Waals surface area contributed by atoms with Gasteiger partial charge in [-0.15, -0.1) is 0 Å². The summed E-state index contributed by atoms with van der Waals surface area (Å²) >= 11 is 0. The van der Waals surface area contributed by atoms with Crippen LogP contribution >= 0.6 is 0 Å². The molecule has 0 fully saturated rings. The van der Waals surface area contributed by atoms with Gasteiger partial charge >= 0.3 is 5.97 Å². The summed E-state index contributed by atoms with van der Waals surface area (Å²) in [6.45, 7) is 5.39. The molecule has 6 nitrogen and oxygen atoms in total. The minimum atomic E-state index is -0.401. The van der Waals surface area contributed by atoms with Crippen LogP contribution in [0.5, 0.6) is 0 Å². The number of hydrogen-bond donors (Lipinski definition) is 1. The summed E-state index contributed by atoms with van der Waals surface area (Å²) in [5, 5.41) is 3.24. The summed E-state index contributed by atoms with van der Waals surface area (Å²) in [5.74, 6) is 0.853. The molecule has 21 heavy (non-hydrogen) atoms. The zero-order chi connectivity index (χ0) is 14.8. The van der Waals surface area contributed by atoms with Crippen LogP contribution in [0, 0.1) is 6.92 Å². The van der Waals surface area contributed by atoms with E-state index in [1.807, 2.05) is 13.0 Å². The lowest BCUT2D eigenvalue weighted by Crippen LogP contribution is -2.28. The van der Waals surface area contributed by atoms with Crippen LogP contribution in [-0.2, 0) is 17.7 Å². The van der Waals surface area contributed by atoms with Gasteiger partial charge in [0.1, 0.15) is 5.76 Å². The zero-order valence-corrected chi connectivity index (χ0v) is 12.1. The van der Waals surface area contributed by atoms with Crippen molar-refractivity contribution in [2.24, 2.45) is 0 Å². The van der Waals surface area contributed by atoms with Gasteiger partial charge in [-0.3, -0.25) is 0 Å². The average molecular weight is 287 g/mol. The standard InChI is InChI=1S/C15H17N3O3/c1-3-20-15(19)13-11-8-16-6-4-12(11)17-14(18-13)10-5-7-21-9(10)2/h5,7,16H,3-4,6,8H2,1-2H3. The summed E-state index contributed by atoms with van der Waals surface area (Å²) in [7, 11) is 0. The number of nitrogens with zero attached hydrogens (tertiary/aromatic N) is 2. The second-order valence-electron chi connectivity index (χ2n) is 4.86. The summed E-state index contributed by atoms with van der Waals surface area (Å²) in [4.78, 5) is 21.2. The Bertz CT molecular complexity index is 679. The van der Waals surface area contributed by atoms with Crippen molar-refractivity contribution in [1.29, 1.82) is 0 Å². The molecule has 2 aromatic heterocycles. The fourth-order valence-corrected chi connectivity index (χ4v) is 2.45. The molecular weight excluding hydrogens is 270 g/mol. The van der Waals surface area contributed by atoms with E-state index in [-0.39, 0.29) is 0 Å². The van der Waals surface area contributed by atoms with E-state index < -0.39 is 5.97 Å². The van der Waals surface area contributed by atoms with Gasteiger partial charge in [-0.2, -0.15) is 0 Å². The molecule has 0 atom stereocenters. The molecule has 3 rings (SSSR count). The van der Waals surface area contributed by atoms with Gasteiger partial charge in [0.05, 0.1) is 24.1 Å². The van der Waals surface area contributed by atoms with Crippen molar-refractivity contribution in [3.05, 3.63) is 35.0 Å². The summed E-state index contributed by atoms with van der Waals surface area (Å²) < 4.78 is 10.4. The van der Waals surface area contributed by atoms with E-state index in [1.165, 1.54) is 0 Å². The molecule has 0 saturated heterocycles. The maximum atomic E-state index is 12.2. The van der Waals surface area contributed by atoms with Crippen LogP contribution in [0.2, 0.25) is 0 Å². The molecule has 1 aliphatic heterocycles. The van der Waals surface area contributed by atoms with E-state index in [0.29, 0.717) is 24.7 Å². The lowest BCUT2D eigenvalue weighted by molar-refractivity contribution is 0.0517. The van der Waals surface area contributed by atoms with Crippen molar-refractivity contribution in [1.82, 2.24) is 15.3 Å². The van der Waals surface area contributed by atoms with Gasteiger partial charge in [0.2, 0.25) is 0 Å². The molecule has 0 bridgehead atoms. The van der Waals surface area contributed by atoms with Crippen molar-refractivity contribution in [2.75, 3.05) is 13.2 Å². The van der Waals surface area contributed by atoms with E-state index in [0.717, 1.165) is 35.5 Å². The lowest BCUT2D eigenvalue weighted by atomic mass is 10.0. The van der Waals surface area contributed by atoms with Crippen LogP contribution in [0.3, 0.4) is 0 Å². The van der Waals surface area contributed by atoms with Gasteiger partial charge in [0.15, 0.2) is 11.5 Å². The SMILES string of the molecule is CCOC(=O)c1nc(-c2ccoc2C)nc2c1CNCC2. The highest BCUT2D eigenvalue weighted by atomic mass is 16.5. The van der Waals surface area contributed by atoms with E-state index in [4.69, 9.17) is 9.15 Å². The molecule has 0 amide bonds. The first-order valence-electron chi connectivity index (χ1n) is 7.02. The second kappa shape index (κ2) is 5.65. The summed E-state index contributed by atoms with van der Waals surface area (Å²) in [6.07, 6.45) is 2.37. The number of aromatic nitrogens is 2. The normalized spacial score (nSPS) is 13.8. The van der Waals surface area contributed by atoms with Crippen LogP contribution in [0.4, 0.5) is 0 Å². The molecule has 0 aromatic carbocycles. The van der Waals surface area contributed by atoms with Crippen LogP contribution in [0.15, 0.2) is 16.7 Å². The number of esters is 1. The highest BCUT2D eigenvalue weighted by molar-refractivity contribution is 5.89. The van der Waals surface area contributed by atoms with E-state index in [1.54, 1.807) is 13.2 Å². The number of ether oxygens (including phenoxy) is 1. The first kappa shape index (κ1) is 13.8. The van der Waals surface area contributed by atoms with Crippen LogP contribution in [0.1, 0.15) is 34.4 Å². The van der Waals surface area contributed by atoms with Gasteiger partial charge in [-0.05, 0) is 19.9 Å². The van der Waals surface area contributed by atoms with Gasteiger partial charge in [0, 0.05) is 25.1 Å². The van der Waals surface area contributed by atoms with Crippen molar-refractivity contribution in [3.8, 4) is 11.4 Å². The van der Waals surface area contributed by atoms with E-state index in [2.05, 4.69) is 15.3 Å². The molecule has 2 aromatic rings. The number of rotatable bonds is 3. The van der Waals surface area contributed by atoms with Crippen LogP contribution < -0.4 is 5.32 Å². The molecule has 110 valence electrons. The largest absolute Gasteiger partial charge is 0.469 e. The number of aryl methyl sites for hydroxylation is 1. The monoisotopic (exact) mass is 287 g/mol. The Labute approximate surface area is 122 Å². The second-order valence-corrected chi connectivity index (χ2v) is 4.86.